The third-order valence-electron chi connectivity index (χ3n) is 1.93. The minimum atomic E-state index is -1.86. The van der Waals surface area contributed by atoms with E-state index >= 15 is 0 Å². The van der Waals surface area contributed by atoms with Gasteiger partial charge in [-0.2, -0.15) is 0 Å². The number of primary amides is 1. The molecule has 86 valence electrons. The van der Waals surface area contributed by atoms with Crippen molar-refractivity contribution >= 4 is 12.2 Å². The van der Waals surface area contributed by atoms with Crippen LogP contribution in [-0.4, -0.2) is 33.5 Å². The second-order valence-corrected chi connectivity index (χ2v) is 3.04. The number of halogens is 1. The maximum absolute atomic E-state index is 12.9. The number of pyridine rings is 1. The topological polar surface area (TPSA) is 114 Å². The lowest BCUT2D eigenvalue weighted by Gasteiger charge is -2.14. The zero-order chi connectivity index (χ0) is 12.3. The van der Waals surface area contributed by atoms with Crippen molar-refractivity contribution in [2.24, 2.45) is 5.73 Å². The highest BCUT2D eigenvalue weighted by Gasteiger charge is 2.25. The minimum Gasteiger partial charge on any atom is -0.384 e. The van der Waals surface area contributed by atoms with Crippen LogP contribution >= 0.6 is 0 Å². The van der Waals surface area contributed by atoms with Gasteiger partial charge in [0.1, 0.15) is 6.10 Å². The summed E-state index contributed by atoms with van der Waals surface area (Å²) in [5.41, 5.74) is 4.21. The van der Waals surface area contributed by atoms with E-state index in [0.717, 1.165) is 6.07 Å². The summed E-state index contributed by atoms with van der Waals surface area (Å²) >= 11 is 0. The average Bonchev–Trinajstić information content (AvgIpc) is 2.27. The molecule has 7 heteroatoms. The van der Waals surface area contributed by atoms with Crippen LogP contribution in [0.1, 0.15) is 22.2 Å². The summed E-state index contributed by atoms with van der Waals surface area (Å²) in [7, 11) is 0. The van der Waals surface area contributed by atoms with E-state index in [1.807, 2.05) is 0 Å². The van der Waals surface area contributed by atoms with Gasteiger partial charge in [-0.05, 0) is 6.07 Å². The van der Waals surface area contributed by atoms with Crippen molar-refractivity contribution in [2.45, 2.75) is 12.2 Å². The molecule has 1 rings (SSSR count). The van der Waals surface area contributed by atoms with Crippen molar-refractivity contribution in [3.63, 3.8) is 0 Å². The van der Waals surface area contributed by atoms with E-state index in [0.29, 0.717) is 6.20 Å². The minimum absolute atomic E-state index is 0.213. The predicted octanol–water partition coefficient (Wildman–Crippen LogP) is -1.09. The summed E-state index contributed by atoms with van der Waals surface area (Å²) in [6.45, 7) is 0. The van der Waals surface area contributed by atoms with Crippen LogP contribution in [0.2, 0.25) is 0 Å². The number of hydrogen-bond donors (Lipinski definition) is 3. The molecule has 1 aromatic rings. The van der Waals surface area contributed by atoms with Crippen LogP contribution < -0.4 is 5.73 Å². The second kappa shape index (κ2) is 4.77. The SMILES string of the molecule is NC(=O)C(O)C(O)c1cc(C=O)c(F)cn1. The lowest BCUT2D eigenvalue weighted by atomic mass is 10.1. The molecule has 0 fully saturated rings. The number of carbonyl (C=O) groups is 2. The highest BCUT2D eigenvalue weighted by molar-refractivity contribution is 5.79. The Morgan fingerprint density at radius 2 is 2.19 bits per heavy atom. The van der Waals surface area contributed by atoms with Gasteiger partial charge < -0.3 is 15.9 Å². The fraction of sp³-hybridized carbons (Fsp3) is 0.222. The monoisotopic (exact) mass is 228 g/mol. The van der Waals surface area contributed by atoms with Crippen LogP contribution in [0.5, 0.6) is 0 Å². The smallest absolute Gasteiger partial charge is 0.249 e. The van der Waals surface area contributed by atoms with Gasteiger partial charge in [0.2, 0.25) is 5.91 Å². The summed E-state index contributed by atoms with van der Waals surface area (Å²) in [5, 5.41) is 18.6. The number of aromatic nitrogens is 1. The maximum Gasteiger partial charge on any atom is 0.249 e. The van der Waals surface area contributed by atoms with Crippen molar-refractivity contribution in [3.05, 3.63) is 29.3 Å². The molecule has 0 aliphatic carbocycles. The summed E-state index contributed by atoms with van der Waals surface area (Å²) in [5.74, 6) is -2.01. The predicted molar refractivity (Wildman–Crippen MR) is 49.7 cm³/mol. The number of aliphatic hydroxyl groups excluding tert-OH is 2. The molecule has 6 nitrogen and oxygen atoms in total. The molecule has 2 atom stereocenters. The molecular formula is C9H9FN2O4. The van der Waals surface area contributed by atoms with E-state index in [4.69, 9.17) is 10.8 Å². The van der Waals surface area contributed by atoms with Gasteiger partial charge in [-0.25, -0.2) is 4.39 Å². The number of amides is 1. The van der Waals surface area contributed by atoms with Gasteiger partial charge >= 0.3 is 0 Å². The van der Waals surface area contributed by atoms with Crippen molar-refractivity contribution in [1.29, 1.82) is 0 Å². The first-order valence-corrected chi connectivity index (χ1v) is 4.23. The number of aliphatic hydroxyl groups is 2. The highest BCUT2D eigenvalue weighted by Crippen LogP contribution is 2.16. The molecular weight excluding hydrogens is 219 g/mol. The van der Waals surface area contributed by atoms with E-state index < -0.39 is 23.9 Å². The maximum atomic E-state index is 12.9. The Balaban J connectivity index is 3.05. The second-order valence-electron chi connectivity index (χ2n) is 3.04. The van der Waals surface area contributed by atoms with Crippen molar-refractivity contribution in [3.8, 4) is 0 Å². The average molecular weight is 228 g/mol. The van der Waals surface area contributed by atoms with Crippen LogP contribution in [0.25, 0.3) is 0 Å². The number of nitrogens with two attached hydrogens (primary N) is 1. The normalized spacial score (nSPS) is 14.2. The third kappa shape index (κ3) is 2.38. The Bertz CT molecular complexity index is 424. The molecule has 1 amide bonds. The first kappa shape index (κ1) is 12.2. The molecule has 0 radical (unpaired) electrons. The van der Waals surface area contributed by atoms with E-state index in [9.17, 15) is 19.1 Å². The van der Waals surface area contributed by atoms with Gasteiger partial charge in [-0.15, -0.1) is 0 Å². The standard InChI is InChI=1S/C9H9FN2O4/c10-5-2-12-6(1-4(5)3-13)7(14)8(15)9(11)16/h1-3,7-8,14-15H,(H2,11,16). The van der Waals surface area contributed by atoms with E-state index in [1.165, 1.54) is 0 Å². The Kier molecular flexibility index (Phi) is 3.64. The van der Waals surface area contributed by atoms with Gasteiger partial charge in [0.05, 0.1) is 17.5 Å². The zero-order valence-corrected chi connectivity index (χ0v) is 8.00. The molecule has 0 spiro atoms. The zero-order valence-electron chi connectivity index (χ0n) is 8.00. The van der Waals surface area contributed by atoms with Crippen molar-refractivity contribution < 1.29 is 24.2 Å². The Morgan fingerprint density at radius 3 is 2.69 bits per heavy atom. The molecule has 0 aromatic carbocycles. The van der Waals surface area contributed by atoms with Crippen molar-refractivity contribution in [2.75, 3.05) is 0 Å². The highest BCUT2D eigenvalue weighted by atomic mass is 19.1. The van der Waals surface area contributed by atoms with E-state index in [-0.39, 0.29) is 17.5 Å². The first-order valence-electron chi connectivity index (χ1n) is 4.23. The Hall–Kier alpha value is -1.86. The molecule has 0 aliphatic rings. The van der Waals surface area contributed by atoms with Crippen LogP contribution in [0.3, 0.4) is 0 Å². The molecule has 1 aromatic heterocycles. The third-order valence-corrected chi connectivity index (χ3v) is 1.93. The van der Waals surface area contributed by atoms with Crippen LogP contribution in [0.4, 0.5) is 4.39 Å². The fourth-order valence-corrected chi connectivity index (χ4v) is 1.04. The van der Waals surface area contributed by atoms with Gasteiger partial charge in [-0.3, -0.25) is 14.6 Å². The van der Waals surface area contributed by atoms with E-state index in [1.54, 1.807) is 0 Å². The van der Waals surface area contributed by atoms with Crippen LogP contribution in [0, 0.1) is 5.82 Å². The van der Waals surface area contributed by atoms with Gasteiger partial charge in [0.25, 0.3) is 0 Å². The molecule has 16 heavy (non-hydrogen) atoms. The first-order chi connectivity index (χ1) is 7.47. The summed E-state index contributed by atoms with van der Waals surface area (Å²) in [6, 6.07) is 0.930. The van der Waals surface area contributed by atoms with Crippen LogP contribution in [-0.2, 0) is 4.79 Å². The number of rotatable bonds is 4. The number of aldehydes is 1. The molecule has 0 saturated carbocycles. The quantitative estimate of drug-likeness (QED) is 0.567. The lowest BCUT2D eigenvalue weighted by Crippen LogP contribution is -2.34. The fourth-order valence-electron chi connectivity index (χ4n) is 1.04. The lowest BCUT2D eigenvalue weighted by molar-refractivity contribution is -0.132. The summed E-state index contributed by atoms with van der Waals surface area (Å²) < 4.78 is 12.9. The molecule has 0 aliphatic heterocycles. The summed E-state index contributed by atoms with van der Waals surface area (Å²) in [4.78, 5) is 24.4. The molecule has 4 N–H and O–H groups in total. The van der Waals surface area contributed by atoms with Gasteiger partial charge in [0, 0.05) is 0 Å². The largest absolute Gasteiger partial charge is 0.384 e. The number of hydrogen-bond acceptors (Lipinski definition) is 5. The molecule has 2 unspecified atom stereocenters. The van der Waals surface area contributed by atoms with Crippen molar-refractivity contribution in [1.82, 2.24) is 4.98 Å². The summed E-state index contributed by atoms with van der Waals surface area (Å²) in [6.07, 6.45) is -2.63. The van der Waals surface area contributed by atoms with Gasteiger partial charge in [-0.1, -0.05) is 0 Å². The molecule has 1 heterocycles. The molecule has 0 saturated heterocycles. The Labute approximate surface area is 89.5 Å². The molecule has 0 bridgehead atoms. The van der Waals surface area contributed by atoms with Crippen LogP contribution in [0.15, 0.2) is 12.3 Å². The number of nitrogens with zero attached hydrogens (tertiary/aromatic N) is 1. The van der Waals surface area contributed by atoms with Gasteiger partial charge in [0.15, 0.2) is 18.2 Å². The van der Waals surface area contributed by atoms with E-state index in [2.05, 4.69) is 4.98 Å². The Morgan fingerprint density at radius 1 is 1.56 bits per heavy atom. The number of carbonyl (C=O) groups excluding carboxylic acids is 2.